The molecule has 0 unspecified atom stereocenters. The zero-order chi connectivity index (χ0) is 13.2. The van der Waals surface area contributed by atoms with E-state index >= 15 is 0 Å². The van der Waals surface area contributed by atoms with Crippen molar-refractivity contribution < 1.29 is 4.79 Å². The molecule has 2 aromatic rings. The van der Waals surface area contributed by atoms with Crippen molar-refractivity contribution in [3.05, 3.63) is 51.2 Å². The van der Waals surface area contributed by atoms with Crippen LogP contribution in [0, 0.1) is 0 Å². The second-order valence-corrected chi connectivity index (χ2v) is 6.36. The number of fused-ring (bicyclic) bond motifs is 1. The third kappa shape index (κ3) is 2.60. The topological polar surface area (TPSA) is 29.1 Å². The Balaban J connectivity index is 1.80. The second kappa shape index (κ2) is 5.47. The average Bonchev–Trinajstić information content (AvgIpc) is 3.00. The zero-order valence-corrected chi connectivity index (χ0v) is 12.8. The molecule has 1 aliphatic carbocycles. The van der Waals surface area contributed by atoms with Crippen LogP contribution in [0.15, 0.2) is 30.3 Å². The van der Waals surface area contributed by atoms with Gasteiger partial charge in [0.05, 0.1) is 4.88 Å². The van der Waals surface area contributed by atoms with E-state index in [0.717, 1.165) is 34.3 Å². The summed E-state index contributed by atoms with van der Waals surface area (Å²) in [5.74, 6) is 0.00722. The molecule has 2 nitrogen and oxygen atoms in total. The number of amides is 1. The van der Waals surface area contributed by atoms with Crippen molar-refractivity contribution in [3.63, 3.8) is 0 Å². The summed E-state index contributed by atoms with van der Waals surface area (Å²) in [6, 6.07) is 9.93. The maximum atomic E-state index is 12.3. The Bertz CT molecular complexity index is 599. The van der Waals surface area contributed by atoms with Gasteiger partial charge in [0, 0.05) is 15.9 Å². The van der Waals surface area contributed by atoms with Crippen LogP contribution in [-0.2, 0) is 18.2 Å². The molecule has 0 atom stereocenters. The Morgan fingerprint density at radius 3 is 2.95 bits per heavy atom. The highest BCUT2D eigenvalue weighted by molar-refractivity contribution is 9.08. The highest BCUT2D eigenvalue weighted by atomic mass is 79.9. The number of thiophene rings is 1. The molecule has 1 aliphatic rings. The summed E-state index contributed by atoms with van der Waals surface area (Å²) in [6.07, 6.45) is 3.48. The van der Waals surface area contributed by atoms with Crippen molar-refractivity contribution in [1.82, 2.24) is 0 Å². The Labute approximate surface area is 125 Å². The molecule has 0 saturated carbocycles. The first kappa shape index (κ1) is 12.9. The molecule has 4 heteroatoms. The van der Waals surface area contributed by atoms with Crippen LogP contribution in [0.25, 0.3) is 0 Å². The molecule has 1 aromatic carbocycles. The zero-order valence-electron chi connectivity index (χ0n) is 10.4. The summed E-state index contributed by atoms with van der Waals surface area (Å²) in [5.41, 5.74) is 3.35. The molecular weight excluding hydrogens is 322 g/mol. The number of hydrogen-bond acceptors (Lipinski definition) is 2. The molecule has 0 saturated heterocycles. The van der Waals surface area contributed by atoms with Crippen LogP contribution in [0.5, 0.6) is 0 Å². The van der Waals surface area contributed by atoms with Gasteiger partial charge >= 0.3 is 0 Å². The molecule has 1 amide bonds. The normalized spacial score (nSPS) is 13.3. The fourth-order valence-electron chi connectivity index (χ4n) is 2.38. The van der Waals surface area contributed by atoms with E-state index in [9.17, 15) is 4.79 Å². The standard InChI is InChI=1S/C15H14BrNOS/c16-9-11-4-1-2-6-12(11)17-15(18)14-8-10-5-3-7-13(10)19-14/h1-2,4,6,8H,3,5,7,9H2,(H,17,18). The van der Waals surface area contributed by atoms with Crippen molar-refractivity contribution in [1.29, 1.82) is 0 Å². The van der Waals surface area contributed by atoms with Crippen LogP contribution in [0.3, 0.4) is 0 Å². The lowest BCUT2D eigenvalue weighted by molar-refractivity contribution is 0.103. The van der Waals surface area contributed by atoms with Gasteiger partial charge in [-0.3, -0.25) is 4.79 Å². The summed E-state index contributed by atoms with van der Waals surface area (Å²) >= 11 is 5.08. The summed E-state index contributed by atoms with van der Waals surface area (Å²) in [7, 11) is 0. The van der Waals surface area contributed by atoms with Gasteiger partial charge in [-0.25, -0.2) is 0 Å². The number of carbonyl (C=O) groups is 1. The summed E-state index contributed by atoms with van der Waals surface area (Å²) in [6.45, 7) is 0. The van der Waals surface area contributed by atoms with Gasteiger partial charge in [-0.2, -0.15) is 0 Å². The van der Waals surface area contributed by atoms with Crippen LogP contribution in [0.2, 0.25) is 0 Å². The van der Waals surface area contributed by atoms with Crippen molar-refractivity contribution >= 4 is 38.9 Å². The van der Waals surface area contributed by atoms with Gasteiger partial charge in [0.2, 0.25) is 0 Å². The molecular formula is C15H14BrNOS. The number of benzene rings is 1. The van der Waals surface area contributed by atoms with E-state index in [1.807, 2.05) is 24.3 Å². The maximum absolute atomic E-state index is 12.3. The van der Waals surface area contributed by atoms with Crippen LogP contribution in [0.4, 0.5) is 5.69 Å². The van der Waals surface area contributed by atoms with Crippen LogP contribution >= 0.6 is 27.3 Å². The van der Waals surface area contributed by atoms with E-state index in [4.69, 9.17) is 0 Å². The SMILES string of the molecule is O=C(Nc1ccccc1CBr)c1cc2c(s1)CCC2. The molecule has 0 spiro atoms. The van der Waals surface area contributed by atoms with Crippen molar-refractivity contribution in [3.8, 4) is 0 Å². The summed E-state index contributed by atoms with van der Waals surface area (Å²) in [5, 5.41) is 3.75. The number of hydrogen-bond donors (Lipinski definition) is 1. The molecule has 0 radical (unpaired) electrons. The van der Waals surface area contributed by atoms with Gasteiger partial charge in [0.1, 0.15) is 0 Å². The Hall–Kier alpha value is -1.13. The number of anilines is 1. The molecule has 1 heterocycles. The predicted molar refractivity (Wildman–Crippen MR) is 83.4 cm³/mol. The van der Waals surface area contributed by atoms with E-state index < -0.39 is 0 Å². The second-order valence-electron chi connectivity index (χ2n) is 4.66. The fraction of sp³-hybridized carbons (Fsp3) is 0.267. The first-order chi connectivity index (χ1) is 9.28. The van der Waals surface area contributed by atoms with Gasteiger partial charge < -0.3 is 5.32 Å². The van der Waals surface area contributed by atoms with Gasteiger partial charge in [0.15, 0.2) is 0 Å². The van der Waals surface area contributed by atoms with Crippen LogP contribution in [0.1, 0.15) is 32.1 Å². The van der Waals surface area contributed by atoms with Crippen LogP contribution in [-0.4, -0.2) is 5.91 Å². The van der Waals surface area contributed by atoms with E-state index in [2.05, 4.69) is 27.3 Å². The Kier molecular flexibility index (Phi) is 3.71. The number of rotatable bonds is 3. The minimum absolute atomic E-state index is 0.00722. The lowest BCUT2D eigenvalue weighted by Crippen LogP contribution is -2.11. The van der Waals surface area contributed by atoms with Crippen molar-refractivity contribution in [2.24, 2.45) is 0 Å². The largest absolute Gasteiger partial charge is 0.321 e. The molecule has 0 aliphatic heterocycles. The Morgan fingerprint density at radius 1 is 1.32 bits per heavy atom. The molecule has 0 bridgehead atoms. The number of aryl methyl sites for hydroxylation is 2. The highest BCUT2D eigenvalue weighted by Crippen LogP contribution is 2.31. The summed E-state index contributed by atoms with van der Waals surface area (Å²) < 4.78 is 0. The van der Waals surface area contributed by atoms with Crippen molar-refractivity contribution in [2.45, 2.75) is 24.6 Å². The number of para-hydroxylation sites is 1. The average molecular weight is 336 g/mol. The minimum atomic E-state index is 0.00722. The lowest BCUT2D eigenvalue weighted by atomic mass is 10.2. The van der Waals surface area contributed by atoms with Gasteiger partial charge in [-0.1, -0.05) is 34.1 Å². The molecule has 0 fully saturated rings. The highest BCUT2D eigenvalue weighted by Gasteiger charge is 2.18. The monoisotopic (exact) mass is 335 g/mol. The number of nitrogens with one attached hydrogen (secondary N) is 1. The molecule has 1 aromatic heterocycles. The molecule has 1 N–H and O–H groups in total. The van der Waals surface area contributed by atoms with E-state index in [-0.39, 0.29) is 5.91 Å². The van der Waals surface area contributed by atoms with Gasteiger partial charge in [0.25, 0.3) is 5.91 Å². The predicted octanol–water partition coefficient (Wildman–Crippen LogP) is 4.38. The number of halogens is 1. The fourth-order valence-corrected chi connectivity index (χ4v) is 4.02. The lowest BCUT2D eigenvalue weighted by Gasteiger charge is -2.08. The van der Waals surface area contributed by atoms with E-state index in [0.29, 0.717) is 0 Å². The quantitative estimate of drug-likeness (QED) is 0.828. The van der Waals surface area contributed by atoms with Crippen LogP contribution < -0.4 is 5.32 Å². The molecule has 98 valence electrons. The first-order valence-corrected chi connectivity index (χ1v) is 8.28. The Morgan fingerprint density at radius 2 is 2.16 bits per heavy atom. The molecule has 3 rings (SSSR count). The van der Waals surface area contributed by atoms with Gasteiger partial charge in [-0.05, 0) is 42.5 Å². The first-order valence-electron chi connectivity index (χ1n) is 6.34. The number of carbonyl (C=O) groups excluding carboxylic acids is 1. The van der Waals surface area contributed by atoms with Gasteiger partial charge in [-0.15, -0.1) is 11.3 Å². The van der Waals surface area contributed by atoms with E-state index in [1.54, 1.807) is 11.3 Å². The minimum Gasteiger partial charge on any atom is -0.321 e. The third-order valence-electron chi connectivity index (χ3n) is 3.38. The van der Waals surface area contributed by atoms with Crippen molar-refractivity contribution in [2.75, 3.05) is 5.32 Å². The smallest absolute Gasteiger partial charge is 0.265 e. The number of alkyl halides is 1. The third-order valence-corrected chi connectivity index (χ3v) is 5.22. The summed E-state index contributed by atoms with van der Waals surface area (Å²) in [4.78, 5) is 14.5. The van der Waals surface area contributed by atoms with E-state index in [1.165, 1.54) is 16.9 Å². The molecule has 19 heavy (non-hydrogen) atoms. The maximum Gasteiger partial charge on any atom is 0.265 e.